The van der Waals surface area contributed by atoms with Gasteiger partial charge >= 0.3 is 11.9 Å². The van der Waals surface area contributed by atoms with Gasteiger partial charge in [0.15, 0.2) is 0 Å². The molecule has 0 spiro atoms. The molecule has 7 heteroatoms. The van der Waals surface area contributed by atoms with Gasteiger partial charge in [-0.1, -0.05) is 19.3 Å². The van der Waals surface area contributed by atoms with Crippen LogP contribution in [0.15, 0.2) is 0 Å². The molecule has 1 aromatic rings. The second-order valence-electron chi connectivity index (χ2n) is 4.50. The monoisotopic (exact) mass is 239 g/mol. The Morgan fingerprint density at radius 2 is 2.06 bits per heavy atom. The van der Waals surface area contributed by atoms with Crippen molar-refractivity contribution in [3.8, 4) is 0 Å². The summed E-state index contributed by atoms with van der Waals surface area (Å²) in [6.07, 6.45) is 5.96. The Morgan fingerprint density at radius 3 is 2.59 bits per heavy atom. The number of rotatable bonds is 3. The second-order valence-corrected chi connectivity index (χ2v) is 4.50. The van der Waals surface area contributed by atoms with E-state index in [1.807, 2.05) is 11.9 Å². The molecule has 1 saturated carbocycles. The molecule has 0 atom stereocenters. The lowest BCUT2D eigenvalue weighted by Crippen LogP contribution is -2.35. The summed E-state index contributed by atoms with van der Waals surface area (Å²) in [4.78, 5) is 16.0. The molecule has 1 aliphatic carbocycles. The van der Waals surface area contributed by atoms with Crippen molar-refractivity contribution in [2.24, 2.45) is 7.05 Å². The van der Waals surface area contributed by atoms with Gasteiger partial charge in [0, 0.05) is 25.2 Å². The van der Waals surface area contributed by atoms with Crippen molar-refractivity contribution in [3.63, 3.8) is 0 Å². The van der Waals surface area contributed by atoms with Crippen molar-refractivity contribution in [1.29, 1.82) is 0 Å². The predicted octanol–water partition coefficient (Wildman–Crippen LogP) is 1.49. The van der Waals surface area contributed by atoms with E-state index in [1.54, 1.807) is 7.05 Å². The number of nitrogens with zero attached hydrogens (tertiary/aromatic N) is 5. The van der Waals surface area contributed by atoms with Crippen molar-refractivity contribution in [2.75, 3.05) is 11.9 Å². The summed E-state index contributed by atoms with van der Waals surface area (Å²) in [6.45, 7) is 0. The lowest BCUT2D eigenvalue weighted by atomic mass is 9.95. The van der Waals surface area contributed by atoms with Crippen molar-refractivity contribution in [1.82, 2.24) is 14.8 Å². The summed E-state index contributed by atoms with van der Waals surface area (Å²) in [6, 6.07) is 0.422. The van der Waals surface area contributed by atoms with Gasteiger partial charge in [-0.3, -0.25) is 0 Å². The first-order valence-corrected chi connectivity index (χ1v) is 5.88. The molecule has 0 unspecified atom stereocenters. The van der Waals surface area contributed by atoms with Crippen LogP contribution in [0.1, 0.15) is 32.1 Å². The second kappa shape index (κ2) is 4.68. The van der Waals surface area contributed by atoms with E-state index in [1.165, 1.54) is 23.9 Å². The lowest BCUT2D eigenvalue weighted by Gasteiger charge is -2.29. The van der Waals surface area contributed by atoms with Crippen LogP contribution < -0.4 is 4.90 Å². The van der Waals surface area contributed by atoms with Crippen molar-refractivity contribution in [2.45, 2.75) is 38.1 Å². The summed E-state index contributed by atoms with van der Waals surface area (Å²) < 4.78 is 1.48. The minimum Gasteiger partial charge on any atom is -0.390 e. The van der Waals surface area contributed by atoms with Crippen LogP contribution >= 0.6 is 0 Å². The van der Waals surface area contributed by atoms with E-state index in [0.717, 1.165) is 12.8 Å². The molecule has 1 fully saturated rings. The molecule has 0 aromatic carbocycles. The lowest BCUT2D eigenvalue weighted by molar-refractivity contribution is -0.394. The first kappa shape index (κ1) is 11.8. The molecule has 94 valence electrons. The first-order valence-electron chi connectivity index (χ1n) is 5.88. The van der Waals surface area contributed by atoms with Crippen LogP contribution in [0.2, 0.25) is 0 Å². The molecule has 0 saturated heterocycles. The summed E-state index contributed by atoms with van der Waals surface area (Å²) >= 11 is 0. The van der Waals surface area contributed by atoms with E-state index in [0.29, 0.717) is 12.0 Å². The fraction of sp³-hybridized carbons (Fsp3) is 0.800. The predicted molar refractivity (Wildman–Crippen MR) is 62.9 cm³/mol. The maximum Gasteiger partial charge on any atom is 0.493 e. The maximum absolute atomic E-state index is 10.6. The van der Waals surface area contributed by atoms with Crippen LogP contribution in [0.4, 0.5) is 11.9 Å². The van der Waals surface area contributed by atoms with E-state index >= 15 is 0 Å². The number of aromatic nitrogens is 3. The van der Waals surface area contributed by atoms with Gasteiger partial charge in [-0.05, 0) is 22.7 Å². The quantitative estimate of drug-likeness (QED) is 0.590. The van der Waals surface area contributed by atoms with Crippen LogP contribution in [0, 0.1) is 10.1 Å². The van der Waals surface area contributed by atoms with Crippen LogP contribution in [0.5, 0.6) is 0 Å². The highest BCUT2D eigenvalue weighted by Crippen LogP contribution is 2.25. The van der Waals surface area contributed by atoms with Crippen molar-refractivity contribution in [3.05, 3.63) is 10.1 Å². The molecule has 0 bridgehead atoms. The number of hydrogen-bond acceptors (Lipinski definition) is 5. The van der Waals surface area contributed by atoms with E-state index in [-0.39, 0.29) is 5.95 Å². The average Bonchev–Trinajstić information content (AvgIpc) is 2.72. The normalized spacial score (nSPS) is 17.1. The Balaban J connectivity index is 2.17. The summed E-state index contributed by atoms with van der Waals surface area (Å²) in [7, 11) is 3.62. The van der Waals surface area contributed by atoms with Crippen LogP contribution in [-0.4, -0.2) is 32.8 Å². The minimum absolute atomic E-state index is 0.329. The van der Waals surface area contributed by atoms with E-state index in [9.17, 15) is 10.1 Å². The first-order chi connectivity index (χ1) is 8.09. The fourth-order valence-corrected chi connectivity index (χ4v) is 2.38. The molecule has 17 heavy (non-hydrogen) atoms. The van der Waals surface area contributed by atoms with Crippen molar-refractivity contribution >= 4 is 11.9 Å². The number of hydrogen-bond donors (Lipinski definition) is 0. The van der Waals surface area contributed by atoms with Gasteiger partial charge in [0.1, 0.15) is 0 Å². The molecule has 0 N–H and O–H groups in total. The Bertz CT molecular complexity index is 411. The molecule has 1 aliphatic rings. The van der Waals surface area contributed by atoms with Crippen LogP contribution in [0.25, 0.3) is 0 Å². The summed E-state index contributed by atoms with van der Waals surface area (Å²) in [5.74, 6) is 0.244. The summed E-state index contributed by atoms with van der Waals surface area (Å²) in [5.41, 5.74) is 0. The van der Waals surface area contributed by atoms with Gasteiger partial charge in [0.25, 0.3) is 0 Å². The van der Waals surface area contributed by atoms with Gasteiger partial charge in [-0.15, -0.1) is 0 Å². The Kier molecular flexibility index (Phi) is 3.26. The Labute approximate surface area is 99.6 Å². The smallest absolute Gasteiger partial charge is 0.390 e. The Morgan fingerprint density at radius 1 is 1.41 bits per heavy atom. The van der Waals surface area contributed by atoms with Gasteiger partial charge in [0.2, 0.25) is 0 Å². The number of nitro groups is 1. The minimum atomic E-state index is -0.557. The van der Waals surface area contributed by atoms with Crippen molar-refractivity contribution < 1.29 is 4.92 Å². The SMILES string of the molecule is CN(c1nc([N+](=O)[O-])nn1C)C1CCCCC1. The molecule has 1 heterocycles. The molecule has 0 amide bonds. The van der Waals surface area contributed by atoms with Gasteiger partial charge in [-0.2, -0.15) is 4.68 Å². The average molecular weight is 239 g/mol. The standard InChI is InChI=1S/C10H17N5O2/c1-13(8-6-4-3-5-7-8)10-11-9(15(16)17)12-14(10)2/h8H,3-7H2,1-2H3. The van der Waals surface area contributed by atoms with Gasteiger partial charge in [-0.25, -0.2) is 0 Å². The van der Waals surface area contributed by atoms with Crippen LogP contribution in [0.3, 0.4) is 0 Å². The fourth-order valence-electron chi connectivity index (χ4n) is 2.38. The molecule has 0 radical (unpaired) electrons. The molecule has 1 aromatic heterocycles. The highest BCUT2D eigenvalue weighted by atomic mass is 16.6. The highest BCUT2D eigenvalue weighted by Gasteiger charge is 2.27. The summed E-state index contributed by atoms with van der Waals surface area (Å²) in [5, 5.41) is 14.4. The van der Waals surface area contributed by atoms with Gasteiger partial charge < -0.3 is 15.0 Å². The molecule has 0 aliphatic heterocycles. The zero-order valence-electron chi connectivity index (χ0n) is 10.2. The van der Waals surface area contributed by atoms with E-state index in [2.05, 4.69) is 10.1 Å². The third-order valence-corrected chi connectivity index (χ3v) is 3.33. The third kappa shape index (κ3) is 2.37. The zero-order valence-corrected chi connectivity index (χ0v) is 10.2. The molecular formula is C10H17N5O2. The largest absolute Gasteiger partial charge is 0.493 e. The third-order valence-electron chi connectivity index (χ3n) is 3.33. The Hall–Kier alpha value is -1.66. The van der Waals surface area contributed by atoms with Crippen LogP contribution in [-0.2, 0) is 7.05 Å². The topological polar surface area (TPSA) is 77.1 Å². The maximum atomic E-state index is 10.6. The number of anilines is 1. The molecule has 7 nitrogen and oxygen atoms in total. The van der Waals surface area contributed by atoms with E-state index < -0.39 is 4.92 Å². The number of aryl methyl sites for hydroxylation is 1. The van der Waals surface area contributed by atoms with Gasteiger partial charge in [0.05, 0.1) is 0 Å². The highest BCUT2D eigenvalue weighted by molar-refractivity contribution is 5.33. The molecular weight excluding hydrogens is 222 g/mol. The zero-order chi connectivity index (χ0) is 12.4. The molecule has 2 rings (SSSR count). The van der Waals surface area contributed by atoms with E-state index in [4.69, 9.17) is 0 Å².